The van der Waals surface area contributed by atoms with Crippen molar-refractivity contribution in [2.75, 3.05) is 12.9 Å². The molecule has 2 rings (SSSR count). The van der Waals surface area contributed by atoms with Crippen molar-refractivity contribution in [3.8, 4) is 10.8 Å². The summed E-state index contributed by atoms with van der Waals surface area (Å²) in [5.41, 5.74) is 0. The highest BCUT2D eigenvalue weighted by Crippen LogP contribution is 2.28. The Morgan fingerprint density at radius 3 is 3.00 bits per heavy atom. The van der Waals surface area contributed by atoms with Crippen LogP contribution in [-0.2, 0) is 9.53 Å². The number of aromatic nitrogens is 2. The molecule has 0 aromatic carbocycles. The number of rotatable bonds is 4. The maximum absolute atomic E-state index is 10.9. The number of hydrogen-bond donors (Lipinski definition) is 0. The molecule has 17 heavy (non-hydrogen) atoms. The van der Waals surface area contributed by atoms with Crippen LogP contribution in [0.1, 0.15) is 4.88 Å². The first-order valence-corrected chi connectivity index (χ1v) is 6.59. The fourth-order valence-corrected chi connectivity index (χ4v) is 2.48. The topological polar surface area (TPSA) is 65.2 Å². The second-order valence-corrected chi connectivity index (χ2v) is 5.36. The van der Waals surface area contributed by atoms with Gasteiger partial charge in [-0.05, 0) is 19.1 Å². The van der Waals surface area contributed by atoms with Gasteiger partial charge in [-0.1, -0.05) is 11.8 Å². The van der Waals surface area contributed by atoms with E-state index in [0.29, 0.717) is 11.1 Å². The minimum absolute atomic E-state index is 0.168. The zero-order valence-electron chi connectivity index (χ0n) is 9.30. The van der Waals surface area contributed by atoms with E-state index in [1.807, 2.05) is 19.1 Å². The smallest absolute Gasteiger partial charge is 0.316 e. The average molecular weight is 270 g/mol. The molecule has 0 unspecified atom stereocenters. The van der Waals surface area contributed by atoms with Crippen LogP contribution in [-0.4, -0.2) is 29.0 Å². The molecular formula is C10H10N2O3S2. The Morgan fingerprint density at radius 1 is 1.53 bits per heavy atom. The molecule has 0 spiro atoms. The van der Waals surface area contributed by atoms with Gasteiger partial charge >= 0.3 is 5.97 Å². The summed E-state index contributed by atoms with van der Waals surface area (Å²) in [6.07, 6.45) is 0. The molecule has 0 aliphatic carbocycles. The fourth-order valence-electron chi connectivity index (χ4n) is 1.10. The standard InChI is InChI=1S/C10H10N2O3S2/c1-6-3-4-7(17-6)9-11-12-10(15-9)16-5-8(13)14-2/h3-4H,5H2,1-2H3. The molecule has 0 saturated carbocycles. The van der Waals surface area contributed by atoms with E-state index in [1.165, 1.54) is 23.7 Å². The molecule has 0 radical (unpaired) electrons. The summed E-state index contributed by atoms with van der Waals surface area (Å²) in [6, 6.07) is 3.92. The highest BCUT2D eigenvalue weighted by Gasteiger charge is 2.12. The SMILES string of the molecule is COC(=O)CSc1nnc(-c2ccc(C)s2)o1. The van der Waals surface area contributed by atoms with E-state index in [1.54, 1.807) is 11.3 Å². The fraction of sp³-hybridized carbons (Fsp3) is 0.300. The summed E-state index contributed by atoms with van der Waals surface area (Å²) >= 11 is 2.75. The van der Waals surface area contributed by atoms with Gasteiger partial charge in [-0.15, -0.1) is 21.5 Å². The number of carbonyl (C=O) groups excluding carboxylic acids is 1. The van der Waals surface area contributed by atoms with Crippen LogP contribution in [0.25, 0.3) is 10.8 Å². The van der Waals surface area contributed by atoms with Crippen LogP contribution in [0.3, 0.4) is 0 Å². The molecule has 0 bridgehead atoms. The number of methoxy groups -OCH3 is 1. The van der Waals surface area contributed by atoms with Gasteiger partial charge in [0.2, 0.25) is 0 Å². The Morgan fingerprint density at radius 2 is 2.35 bits per heavy atom. The molecule has 0 N–H and O–H groups in total. The van der Waals surface area contributed by atoms with Gasteiger partial charge in [0.15, 0.2) is 0 Å². The molecule has 0 amide bonds. The first-order valence-electron chi connectivity index (χ1n) is 4.79. The number of ether oxygens (including phenoxy) is 1. The lowest BCUT2D eigenvalue weighted by Crippen LogP contribution is -2.02. The minimum Gasteiger partial charge on any atom is -0.468 e. The molecule has 2 aromatic rings. The summed E-state index contributed by atoms with van der Waals surface area (Å²) in [4.78, 5) is 13.0. The summed E-state index contributed by atoms with van der Waals surface area (Å²) in [5, 5.41) is 8.15. The molecule has 0 aliphatic rings. The maximum atomic E-state index is 10.9. The second kappa shape index (κ2) is 5.33. The van der Waals surface area contributed by atoms with Crippen LogP contribution in [0.4, 0.5) is 0 Å². The molecule has 0 fully saturated rings. The number of nitrogens with zero attached hydrogens (tertiary/aromatic N) is 2. The van der Waals surface area contributed by atoms with E-state index in [9.17, 15) is 4.79 Å². The monoisotopic (exact) mass is 270 g/mol. The maximum Gasteiger partial charge on any atom is 0.316 e. The lowest BCUT2D eigenvalue weighted by atomic mass is 10.4. The van der Waals surface area contributed by atoms with Crippen molar-refractivity contribution in [1.29, 1.82) is 0 Å². The van der Waals surface area contributed by atoms with Crippen molar-refractivity contribution in [1.82, 2.24) is 10.2 Å². The summed E-state index contributed by atoms with van der Waals surface area (Å²) < 4.78 is 9.94. The second-order valence-electron chi connectivity index (χ2n) is 3.15. The Labute approximate surface area is 106 Å². The first-order chi connectivity index (χ1) is 8.19. The highest BCUT2D eigenvalue weighted by molar-refractivity contribution is 7.99. The van der Waals surface area contributed by atoms with Gasteiger partial charge in [0.25, 0.3) is 11.1 Å². The van der Waals surface area contributed by atoms with Crippen molar-refractivity contribution in [2.24, 2.45) is 0 Å². The van der Waals surface area contributed by atoms with E-state index < -0.39 is 0 Å². The van der Waals surface area contributed by atoms with E-state index in [2.05, 4.69) is 14.9 Å². The van der Waals surface area contributed by atoms with Gasteiger partial charge < -0.3 is 9.15 Å². The Kier molecular flexibility index (Phi) is 3.80. The molecule has 2 heterocycles. The van der Waals surface area contributed by atoms with Crippen LogP contribution in [0, 0.1) is 6.92 Å². The number of thioether (sulfide) groups is 1. The van der Waals surface area contributed by atoms with Crippen LogP contribution >= 0.6 is 23.1 Å². The molecular weight excluding hydrogens is 260 g/mol. The molecule has 0 aliphatic heterocycles. The third-order valence-electron chi connectivity index (χ3n) is 1.90. The van der Waals surface area contributed by atoms with Crippen LogP contribution in [0.2, 0.25) is 0 Å². The highest BCUT2D eigenvalue weighted by atomic mass is 32.2. The van der Waals surface area contributed by atoms with Gasteiger partial charge in [0.1, 0.15) is 5.75 Å². The lowest BCUT2D eigenvalue weighted by molar-refractivity contribution is -0.137. The van der Waals surface area contributed by atoms with E-state index in [4.69, 9.17) is 4.42 Å². The predicted molar refractivity (Wildman–Crippen MR) is 65.1 cm³/mol. The third kappa shape index (κ3) is 3.07. The molecule has 90 valence electrons. The van der Waals surface area contributed by atoms with Crippen LogP contribution in [0.15, 0.2) is 21.8 Å². The number of hydrogen-bond acceptors (Lipinski definition) is 7. The van der Waals surface area contributed by atoms with Gasteiger partial charge in [-0.25, -0.2) is 0 Å². The summed E-state index contributed by atoms with van der Waals surface area (Å²) in [7, 11) is 1.34. The normalized spacial score (nSPS) is 10.5. The van der Waals surface area contributed by atoms with Crippen molar-refractivity contribution < 1.29 is 13.9 Å². The van der Waals surface area contributed by atoms with Crippen molar-refractivity contribution in [2.45, 2.75) is 12.1 Å². The van der Waals surface area contributed by atoms with Crippen LogP contribution in [0.5, 0.6) is 0 Å². The quantitative estimate of drug-likeness (QED) is 0.627. The zero-order chi connectivity index (χ0) is 12.3. The van der Waals surface area contributed by atoms with Crippen molar-refractivity contribution >= 4 is 29.1 Å². The summed E-state index contributed by atoms with van der Waals surface area (Å²) in [5.74, 6) is 0.332. The number of thiophene rings is 1. The van der Waals surface area contributed by atoms with Crippen LogP contribution < -0.4 is 0 Å². The minimum atomic E-state index is -0.318. The van der Waals surface area contributed by atoms with E-state index in [0.717, 1.165) is 4.88 Å². The molecule has 2 aromatic heterocycles. The third-order valence-corrected chi connectivity index (χ3v) is 3.68. The average Bonchev–Trinajstić information content (AvgIpc) is 2.94. The Bertz CT molecular complexity index is 521. The van der Waals surface area contributed by atoms with Gasteiger partial charge in [-0.2, -0.15) is 0 Å². The largest absolute Gasteiger partial charge is 0.468 e. The molecule has 0 atom stereocenters. The predicted octanol–water partition coefficient (Wildman–Crippen LogP) is 2.37. The van der Waals surface area contributed by atoms with E-state index >= 15 is 0 Å². The van der Waals surface area contributed by atoms with Gasteiger partial charge in [0.05, 0.1) is 12.0 Å². The molecule has 5 nitrogen and oxygen atoms in total. The van der Waals surface area contributed by atoms with E-state index in [-0.39, 0.29) is 11.7 Å². The summed E-state index contributed by atoms with van der Waals surface area (Å²) in [6.45, 7) is 2.01. The Hall–Kier alpha value is -1.34. The number of carbonyl (C=O) groups is 1. The van der Waals surface area contributed by atoms with Crippen molar-refractivity contribution in [3.63, 3.8) is 0 Å². The van der Waals surface area contributed by atoms with Gasteiger partial charge in [-0.3, -0.25) is 4.79 Å². The number of aryl methyl sites for hydroxylation is 1. The van der Waals surface area contributed by atoms with Gasteiger partial charge in [0, 0.05) is 4.88 Å². The first kappa shape index (κ1) is 12.1. The zero-order valence-corrected chi connectivity index (χ0v) is 10.9. The number of esters is 1. The lowest BCUT2D eigenvalue weighted by Gasteiger charge is -1.93. The molecule has 0 saturated heterocycles. The van der Waals surface area contributed by atoms with Crippen molar-refractivity contribution in [3.05, 3.63) is 17.0 Å². The molecule has 7 heteroatoms. The Balaban J connectivity index is 2.03.